The predicted octanol–water partition coefficient (Wildman–Crippen LogP) is 1.79. The Balaban J connectivity index is 1.71. The molecule has 1 saturated heterocycles. The van der Waals surface area contributed by atoms with Gasteiger partial charge in [-0.2, -0.15) is 0 Å². The van der Waals surface area contributed by atoms with Crippen LogP contribution >= 0.6 is 0 Å². The normalized spacial score (nSPS) is 22.3. The van der Waals surface area contributed by atoms with Gasteiger partial charge in [0.25, 0.3) is 11.8 Å². The van der Waals surface area contributed by atoms with Gasteiger partial charge in [0.15, 0.2) is 9.84 Å². The zero-order valence-corrected chi connectivity index (χ0v) is 16.5. The molecule has 1 atom stereocenters. The van der Waals surface area contributed by atoms with Gasteiger partial charge in [0.2, 0.25) is 0 Å². The first-order valence-electron chi connectivity index (χ1n) is 9.67. The van der Waals surface area contributed by atoms with Crippen LogP contribution in [0.25, 0.3) is 0 Å². The Morgan fingerprint density at radius 3 is 2.48 bits per heavy atom. The summed E-state index contributed by atoms with van der Waals surface area (Å²) in [6.45, 7) is 2.24. The SMILES string of the molecule is CCN(C(=O)c1cncc(C(=O)NC2CCCCC2)c1)C1CCS(=O)(=O)C1. The highest BCUT2D eigenvalue weighted by Crippen LogP contribution is 2.21. The molecule has 1 aliphatic carbocycles. The monoisotopic (exact) mass is 393 g/mol. The van der Waals surface area contributed by atoms with Crippen LogP contribution in [0.1, 0.15) is 66.2 Å². The van der Waals surface area contributed by atoms with E-state index < -0.39 is 9.84 Å². The molecule has 148 valence electrons. The number of pyridine rings is 1. The summed E-state index contributed by atoms with van der Waals surface area (Å²) >= 11 is 0. The van der Waals surface area contributed by atoms with Crippen molar-refractivity contribution < 1.29 is 18.0 Å². The number of nitrogens with one attached hydrogen (secondary N) is 1. The predicted molar refractivity (Wildman–Crippen MR) is 102 cm³/mol. The van der Waals surface area contributed by atoms with E-state index in [1.807, 2.05) is 6.92 Å². The third-order valence-corrected chi connectivity index (χ3v) is 7.19. The molecule has 2 heterocycles. The Kier molecular flexibility index (Phi) is 6.14. The molecule has 2 fully saturated rings. The van der Waals surface area contributed by atoms with Crippen molar-refractivity contribution in [3.05, 3.63) is 29.6 Å². The number of carbonyl (C=O) groups excluding carboxylic acids is 2. The molecule has 0 radical (unpaired) electrons. The van der Waals surface area contributed by atoms with E-state index in [0.717, 1.165) is 25.7 Å². The molecule has 1 N–H and O–H groups in total. The number of aromatic nitrogens is 1. The molecule has 0 aromatic carbocycles. The maximum Gasteiger partial charge on any atom is 0.255 e. The maximum atomic E-state index is 12.9. The van der Waals surface area contributed by atoms with Gasteiger partial charge in [0.1, 0.15) is 0 Å². The molecule has 27 heavy (non-hydrogen) atoms. The summed E-state index contributed by atoms with van der Waals surface area (Å²) in [5.41, 5.74) is 0.680. The van der Waals surface area contributed by atoms with E-state index in [1.54, 1.807) is 11.0 Å². The van der Waals surface area contributed by atoms with Gasteiger partial charge in [0.05, 0.1) is 22.6 Å². The molecule has 1 saturated carbocycles. The molecule has 3 rings (SSSR count). The second-order valence-corrected chi connectivity index (χ2v) is 9.65. The zero-order valence-electron chi connectivity index (χ0n) is 15.7. The standard InChI is InChI=1S/C19H27N3O4S/c1-2-22(17-8-9-27(25,26)13-17)19(24)15-10-14(11-20-12-15)18(23)21-16-6-4-3-5-7-16/h10-12,16-17H,2-9,13H2,1H3,(H,21,23). The summed E-state index contributed by atoms with van der Waals surface area (Å²) in [7, 11) is -3.08. The Morgan fingerprint density at radius 1 is 1.15 bits per heavy atom. The third kappa shape index (κ3) is 4.86. The number of sulfone groups is 1. The largest absolute Gasteiger partial charge is 0.349 e. The smallest absolute Gasteiger partial charge is 0.255 e. The Labute approximate surface area is 160 Å². The van der Waals surface area contributed by atoms with Crippen molar-refractivity contribution in [2.24, 2.45) is 0 Å². The minimum absolute atomic E-state index is 0.00185. The number of rotatable bonds is 5. The van der Waals surface area contributed by atoms with Gasteiger partial charge in [-0.25, -0.2) is 8.42 Å². The number of carbonyl (C=O) groups is 2. The van der Waals surface area contributed by atoms with Gasteiger partial charge in [-0.3, -0.25) is 14.6 Å². The molecule has 7 nitrogen and oxygen atoms in total. The van der Waals surface area contributed by atoms with Gasteiger partial charge < -0.3 is 10.2 Å². The van der Waals surface area contributed by atoms with E-state index in [2.05, 4.69) is 10.3 Å². The number of hydrogen-bond donors (Lipinski definition) is 1. The minimum atomic E-state index is -3.08. The van der Waals surface area contributed by atoms with Gasteiger partial charge in [-0.05, 0) is 32.3 Å². The fraction of sp³-hybridized carbons (Fsp3) is 0.632. The van der Waals surface area contributed by atoms with E-state index in [9.17, 15) is 18.0 Å². The van der Waals surface area contributed by atoms with E-state index >= 15 is 0 Å². The van der Waals surface area contributed by atoms with E-state index in [1.165, 1.54) is 18.8 Å². The molecule has 8 heteroatoms. The Morgan fingerprint density at radius 2 is 1.85 bits per heavy atom. The number of nitrogens with zero attached hydrogens (tertiary/aromatic N) is 2. The maximum absolute atomic E-state index is 12.9. The molecular weight excluding hydrogens is 366 g/mol. The van der Waals surface area contributed by atoms with Gasteiger partial charge >= 0.3 is 0 Å². The highest BCUT2D eigenvalue weighted by Gasteiger charge is 2.34. The lowest BCUT2D eigenvalue weighted by Crippen LogP contribution is -2.41. The molecular formula is C19H27N3O4S. The average molecular weight is 394 g/mol. The fourth-order valence-corrected chi connectivity index (χ4v) is 5.68. The lowest BCUT2D eigenvalue weighted by molar-refractivity contribution is 0.0708. The van der Waals surface area contributed by atoms with Crippen LogP contribution in [0, 0.1) is 0 Å². The molecule has 0 bridgehead atoms. The summed E-state index contributed by atoms with van der Waals surface area (Å²) in [6.07, 6.45) is 8.78. The average Bonchev–Trinajstić information content (AvgIpc) is 3.02. The minimum Gasteiger partial charge on any atom is -0.349 e. The van der Waals surface area contributed by atoms with Crippen molar-refractivity contribution in [1.82, 2.24) is 15.2 Å². The first-order chi connectivity index (χ1) is 12.9. The van der Waals surface area contributed by atoms with Crippen molar-refractivity contribution in [1.29, 1.82) is 0 Å². The summed E-state index contributed by atoms with van der Waals surface area (Å²) in [5, 5.41) is 3.03. The molecule has 1 aromatic heterocycles. The lowest BCUT2D eigenvalue weighted by Gasteiger charge is -2.27. The van der Waals surface area contributed by atoms with Crippen LogP contribution in [0.3, 0.4) is 0 Å². The van der Waals surface area contributed by atoms with Crippen molar-refractivity contribution >= 4 is 21.7 Å². The summed E-state index contributed by atoms with van der Waals surface area (Å²) < 4.78 is 23.5. The summed E-state index contributed by atoms with van der Waals surface area (Å²) in [5.74, 6) is -0.374. The lowest BCUT2D eigenvalue weighted by atomic mass is 9.95. The van der Waals surface area contributed by atoms with Crippen LogP contribution in [0.4, 0.5) is 0 Å². The Hall–Kier alpha value is -1.96. The molecule has 2 aliphatic rings. The van der Waals surface area contributed by atoms with E-state index in [-0.39, 0.29) is 35.4 Å². The quantitative estimate of drug-likeness (QED) is 0.823. The van der Waals surface area contributed by atoms with E-state index in [0.29, 0.717) is 24.1 Å². The number of hydrogen-bond acceptors (Lipinski definition) is 5. The van der Waals surface area contributed by atoms with Crippen molar-refractivity contribution in [3.63, 3.8) is 0 Å². The van der Waals surface area contributed by atoms with Crippen LogP contribution in [0.5, 0.6) is 0 Å². The molecule has 1 aromatic rings. The van der Waals surface area contributed by atoms with Crippen LogP contribution in [0.2, 0.25) is 0 Å². The van der Waals surface area contributed by atoms with Gasteiger partial charge in [0, 0.05) is 31.0 Å². The molecule has 2 amide bonds. The third-order valence-electron chi connectivity index (χ3n) is 5.44. The van der Waals surface area contributed by atoms with Crippen LogP contribution in [-0.2, 0) is 9.84 Å². The highest BCUT2D eigenvalue weighted by molar-refractivity contribution is 7.91. The van der Waals surface area contributed by atoms with E-state index in [4.69, 9.17) is 0 Å². The van der Waals surface area contributed by atoms with Crippen molar-refractivity contribution in [2.75, 3.05) is 18.1 Å². The summed E-state index contributed by atoms with van der Waals surface area (Å²) in [4.78, 5) is 31.1. The fourth-order valence-electron chi connectivity index (χ4n) is 3.95. The van der Waals surface area contributed by atoms with Crippen LogP contribution in [0.15, 0.2) is 18.5 Å². The summed E-state index contributed by atoms with van der Waals surface area (Å²) in [6, 6.07) is 1.42. The second kappa shape index (κ2) is 8.37. The second-order valence-electron chi connectivity index (χ2n) is 7.42. The van der Waals surface area contributed by atoms with Crippen molar-refractivity contribution in [2.45, 2.75) is 57.5 Å². The number of amides is 2. The molecule has 0 spiro atoms. The van der Waals surface area contributed by atoms with Crippen molar-refractivity contribution in [3.8, 4) is 0 Å². The molecule has 1 aliphatic heterocycles. The first kappa shape index (κ1) is 19.8. The zero-order chi connectivity index (χ0) is 19.4. The first-order valence-corrected chi connectivity index (χ1v) is 11.5. The van der Waals surface area contributed by atoms with Gasteiger partial charge in [-0.1, -0.05) is 19.3 Å². The Bertz CT molecular complexity index is 803. The van der Waals surface area contributed by atoms with Crippen LogP contribution < -0.4 is 5.32 Å². The molecule has 1 unspecified atom stereocenters. The highest BCUT2D eigenvalue weighted by atomic mass is 32.2. The topological polar surface area (TPSA) is 96.4 Å². The van der Waals surface area contributed by atoms with Gasteiger partial charge in [-0.15, -0.1) is 0 Å². The van der Waals surface area contributed by atoms with Crippen LogP contribution in [-0.4, -0.2) is 60.3 Å².